The molecule has 7 nitrogen and oxygen atoms in total. The quantitative estimate of drug-likeness (QED) is 0.794. The van der Waals surface area contributed by atoms with Crippen molar-refractivity contribution in [3.8, 4) is 5.75 Å². The van der Waals surface area contributed by atoms with E-state index in [-0.39, 0.29) is 29.3 Å². The van der Waals surface area contributed by atoms with Crippen molar-refractivity contribution in [2.45, 2.75) is 38.8 Å². The first-order valence-corrected chi connectivity index (χ1v) is 10.1. The number of amides is 3. The predicted molar refractivity (Wildman–Crippen MR) is 115 cm³/mol. The Labute approximate surface area is 177 Å². The Morgan fingerprint density at radius 1 is 1.17 bits per heavy atom. The van der Waals surface area contributed by atoms with Crippen molar-refractivity contribution in [2.75, 3.05) is 20.2 Å². The summed E-state index contributed by atoms with van der Waals surface area (Å²) in [7, 11) is 1.62. The molecule has 1 aliphatic rings. The molecule has 30 heavy (non-hydrogen) atoms. The van der Waals surface area contributed by atoms with Crippen LogP contribution < -0.4 is 15.4 Å². The van der Waals surface area contributed by atoms with Crippen molar-refractivity contribution in [1.82, 2.24) is 20.5 Å². The van der Waals surface area contributed by atoms with Crippen LogP contribution in [-0.4, -0.2) is 47.6 Å². The number of methoxy groups -OCH3 is 1. The van der Waals surface area contributed by atoms with E-state index in [1.54, 1.807) is 24.4 Å². The lowest BCUT2D eigenvalue weighted by Gasteiger charge is -2.25. The summed E-state index contributed by atoms with van der Waals surface area (Å²) in [6.45, 7) is 7.02. The second-order valence-electron chi connectivity index (χ2n) is 8.62. The molecule has 2 aromatic rings. The molecule has 0 bridgehead atoms. The maximum Gasteiger partial charge on any atom is 0.317 e. The molecular weight excluding hydrogens is 380 g/mol. The fourth-order valence-corrected chi connectivity index (χ4v) is 3.75. The smallest absolute Gasteiger partial charge is 0.317 e. The van der Waals surface area contributed by atoms with E-state index in [4.69, 9.17) is 4.74 Å². The molecule has 3 amide bonds. The third-order valence-electron chi connectivity index (χ3n) is 5.15. The lowest BCUT2D eigenvalue weighted by Crippen LogP contribution is -2.48. The van der Waals surface area contributed by atoms with E-state index in [2.05, 4.69) is 15.6 Å². The van der Waals surface area contributed by atoms with Crippen LogP contribution in [0.4, 0.5) is 4.79 Å². The molecule has 0 radical (unpaired) electrons. The molecule has 0 saturated carbocycles. The molecule has 0 spiro atoms. The number of benzene rings is 1. The van der Waals surface area contributed by atoms with Gasteiger partial charge in [0.1, 0.15) is 5.75 Å². The summed E-state index contributed by atoms with van der Waals surface area (Å²) in [4.78, 5) is 31.7. The number of hydrogen-bond donors (Lipinski definition) is 2. The summed E-state index contributed by atoms with van der Waals surface area (Å²) in [6.07, 6.45) is 3.43. The van der Waals surface area contributed by atoms with Gasteiger partial charge in [0.2, 0.25) is 5.91 Å². The van der Waals surface area contributed by atoms with E-state index in [1.807, 2.05) is 57.2 Å². The normalized spacial score (nSPS) is 18.7. The van der Waals surface area contributed by atoms with Crippen molar-refractivity contribution in [3.05, 3.63) is 59.9 Å². The van der Waals surface area contributed by atoms with Gasteiger partial charge in [-0.1, -0.05) is 24.3 Å². The van der Waals surface area contributed by atoms with Crippen LogP contribution >= 0.6 is 0 Å². The van der Waals surface area contributed by atoms with E-state index >= 15 is 0 Å². The fraction of sp³-hybridized carbons (Fsp3) is 0.435. The van der Waals surface area contributed by atoms with Gasteiger partial charge in [-0.05, 0) is 44.0 Å². The Morgan fingerprint density at radius 3 is 2.60 bits per heavy atom. The van der Waals surface area contributed by atoms with Gasteiger partial charge in [0.15, 0.2) is 0 Å². The van der Waals surface area contributed by atoms with E-state index in [0.717, 1.165) is 16.9 Å². The van der Waals surface area contributed by atoms with Gasteiger partial charge in [0, 0.05) is 43.5 Å². The Kier molecular flexibility index (Phi) is 6.59. The van der Waals surface area contributed by atoms with E-state index in [9.17, 15) is 9.59 Å². The van der Waals surface area contributed by atoms with E-state index in [1.165, 1.54) is 0 Å². The van der Waals surface area contributed by atoms with Crippen LogP contribution in [0.1, 0.15) is 37.8 Å². The summed E-state index contributed by atoms with van der Waals surface area (Å²) in [5, 5.41) is 6.00. The van der Waals surface area contributed by atoms with Crippen LogP contribution in [0, 0.1) is 5.92 Å². The maximum absolute atomic E-state index is 13.1. The minimum atomic E-state index is -0.372. The maximum atomic E-state index is 13.1. The number of urea groups is 1. The summed E-state index contributed by atoms with van der Waals surface area (Å²) < 4.78 is 5.53. The molecule has 0 aliphatic carbocycles. The van der Waals surface area contributed by atoms with E-state index < -0.39 is 0 Å². The molecule has 2 heterocycles. The van der Waals surface area contributed by atoms with Gasteiger partial charge < -0.3 is 20.3 Å². The van der Waals surface area contributed by atoms with Gasteiger partial charge in [-0.15, -0.1) is 0 Å². The topological polar surface area (TPSA) is 83.6 Å². The molecule has 1 aromatic carbocycles. The van der Waals surface area contributed by atoms with Gasteiger partial charge in [0.25, 0.3) is 0 Å². The largest absolute Gasteiger partial charge is 0.496 e. The van der Waals surface area contributed by atoms with Crippen molar-refractivity contribution >= 4 is 11.9 Å². The zero-order valence-electron chi connectivity index (χ0n) is 18.0. The zero-order valence-corrected chi connectivity index (χ0v) is 18.0. The number of nitrogens with zero attached hydrogens (tertiary/aromatic N) is 2. The molecule has 2 atom stereocenters. The molecule has 2 N–H and O–H groups in total. The number of carbonyl (C=O) groups excluding carboxylic acids is 2. The van der Waals surface area contributed by atoms with Gasteiger partial charge in [-0.25, -0.2) is 4.79 Å². The van der Waals surface area contributed by atoms with Crippen molar-refractivity contribution in [1.29, 1.82) is 0 Å². The minimum absolute atomic E-state index is 0.0826. The van der Waals surface area contributed by atoms with Crippen molar-refractivity contribution < 1.29 is 14.3 Å². The van der Waals surface area contributed by atoms with Crippen LogP contribution in [0.3, 0.4) is 0 Å². The summed E-state index contributed by atoms with van der Waals surface area (Å²) in [5.41, 5.74) is 1.52. The summed E-state index contributed by atoms with van der Waals surface area (Å²) >= 11 is 0. The molecule has 2 unspecified atom stereocenters. The average Bonchev–Trinajstić information content (AvgIpc) is 3.17. The van der Waals surface area contributed by atoms with Gasteiger partial charge in [0.05, 0.1) is 13.0 Å². The summed E-state index contributed by atoms with van der Waals surface area (Å²) in [5.74, 6) is 0.121. The van der Waals surface area contributed by atoms with Crippen LogP contribution in [0.25, 0.3) is 0 Å². The van der Waals surface area contributed by atoms with Crippen molar-refractivity contribution in [3.63, 3.8) is 0 Å². The molecule has 1 aliphatic heterocycles. The Hall–Kier alpha value is -3.09. The monoisotopic (exact) mass is 410 g/mol. The molecule has 1 fully saturated rings. The Balaban J connectivity index is 1.81. The lowest BCUT2D eigenvalue weighted by molar-refractivity contribution is -0.125. The highest BCUT2D eigenvalue weighted by molar-refractivity contribution is 5.83. The highest BCUT2D eigenvalue weighted by Gasteiger charge is 2.41. The zero-order chi connectivity index (χ0) is 21.7. The fourth-order valence-electron chi connectivity index (χ4n) is 3.75. The van der Waals surface area contributed by atoms with Crippen molar-refractivity contribution in [2.24, 2.45) is 5.92 Å². The SMILES string of the molecule is COc1ccccc1C1CN(C(=O)NC(C)(C)C)CC1C(=O)NCc1cccnc1. The third kappa shape index (κ3) is 5.28. The van der Waals surface area contributed by atoms with Crippen LogP contribution in [0.2, 0.25) is 0 Å². The highest BCUT2D eigenvalue weighted by Crippen LogP contribution is 2.37. The highest BCUT2D eigenvalue weighted by atomic mass is 16.5. The predicted octanol–water partition coefficient (Wildman–Crippen LogP) is 2.93. The number of ether oxygens (including phenoxy) is 1. The minimum Gasteiger partial charge on any atom is -0.496 e. The Bertz CT molecular complexity index is 880. The second kappa shape index (κ2) is 9.15. The standard InChI is InChI=1S/C23H30N4O3/c1-23(2,3)26-22(29)27-14-18(17-9-5-6-10-20(17)30-4)19(15-27)21(28)25-13-16-8-7-11-24-12-16/h5-12,18-19H,13-15H2,1-4H3,(H,25,28)(H,26,29). The first kappa shape index (κ1) is 21.6. The second-order valence-corrected chi connectivity index (χ2v) is 8.62. The first-order valence-electron chi connectivity index (χ1n) is 10.1. The number of likely N-dealkylation sites (tertiary alicyclic amines) is 1. The average molecular weight is 411 g/mol. The molecular formula is C23H30N4O3. The van der Waals surface area contributed by atoms with Crippen LogP contribution in [-0.2, 0) is 11.3 Å². The number of pyridine rings is 1. The number of para-hydroxylation sites is 1. The third-order valence-corrected chi connectivity index (χ3v) is 5.15. The molecule has 7 heteroatoms. The van der Waals surface area contributed by atoms with Gasteiger partial charge in [-0.3, -0.25) is 9.78 Å². The number of hydrogen-bond acceptors (Lipinski definition) is 4. The van der Waals surface area contributed by atoms with Crippen LogP contribution in [0.15, 0.2) is 48.8 Å². The van der Waals surface area contributed by atoms with Crippen LogP contribution in [0.5, 0.6) is 5.75 Å². The first-order chi connectivity index (χ1) is 14.3. The summed E-state index contributed by atoms with van der Waals surface area (Å²) in [6, 6.07) is 11.3. The molecule has 160 valence electrons. The van der Waals surface area contributed by atoms with Gasteiger partial charge in [-0.2, -0.15) is 0 Å². The number of rotatable bonds is 5. The molecule has 3 rings (SSSR count). The van der Waals surface area contributed by atoms with E-state index in [0.29, 0.717) is 19.6 Å². The van der Waals surface area contributed by atoms with Gasteiger partial charge >= 0.3 is 6.03 Å². The Morgan fingerprint density at radius 2 is 1.93 bits per heavy atom. The molecule has 1 aromatic heterocycles. The number of aromatic nitrogens is 1. The number of nitrogens with one attached hydrogen (secondary N) is 2. The molecule has 1 saturated heterocycles. The number of carbonyl (C=O) groups is 2. The lowest BCUT2D eigenvalue weighted by atomic mass is 9.87.